The Kier molecular flexibility index (Phi) is 4.26. The third-order valence-electron chi connectivity index (χ3n) is 2.17. The SMILES string of the molecule is O=C(Nc1cc(-n2cnnn2)ccc1Cl)OCC(F)(F)F. The normalized spacial score (nSPS) is 11.2. The summed E-state index contributed by atoms with van der Waals surface area (Å²) < 4.78 is 41.1. The number of hydrogen-bond donors (Lipinski definition) is 1. The second-order valence-corrected chi connectivity index (χ2v) is 4.14. The summed E-state index contributed by atoms with van der Waals surface area (Å²) in [6.07, 6.45) is -4.58. The Morgan fingerprint density at radius 1 is 1.43 bits per heavy atom. The Morgan fingerprint density at radius 3 is 2.81 bits per heavy atom. The maximum Gasteiger partial charge on any atom is 0.422 e. The van der Waals surface area contributed by atoms with Crippen LogP contribution in [-0.4, -0.2) is 39.1 Å². The summed E-state index contributed by atoms with van der Waals surface area (Å²) in [7, 11) is 0. The van der Waals surface area contributed by atoms with Crippen molar-refractivity contribution in [1.82, 2.24) is 20.2 Å². The van der Waals surface area contributed by atoms with E-state index in [9.17, 15) is 18.0 Å². The average molecular weight is 322 g/mol. The summed E-state index contributed by atoms with van der Waals surface area (Å²) >= 11 is 5.84. The third-order valence-corrected chi connectivity index (χ3v) is 2.50. The number of tetrazole rings is 1. The van der Waals surface area contributed by atoms with Crippen LogP contribution >= 0.6 is 11.6 Å². The molecule has 0 saturated heterocycles. The molecule has 0 bridgehead atoms. The lowest BCUT2D eigenvalue weighted by Gasteiger charge is -2.11. The van der Waals surface area contributed by atoms with Gasteiger partial charge in [0, 0.05) is 0 Å². The number of halogens is 4. The van der Waals surface area contributed by atoms with Crippen molar-refractivity contribution in [2.45, 2.75) is 6.18 Å². The molecule has 2 rings (SSSR count). The lowest BCUT2D eigenvalue weighted by atomic mass is 10.3. The van der Waals surface area contributed by atoms with Crippen molar-refractivity contribution in [3.05, 3.63) is 29.5 Å². The molecule has 0 fully saturated rings. The first-order valence-corrected chi connectivity index (χ1v) is 5.76. The van der Waals surface area contributed by atoms with E-state index in [4.69, 9.17) is 11.6 Å². The zero-order valence-electron chi connectivity index (χ0n) is 10.1. The molecule has 11 heteroatoms. The Labute approximate surface area is 120 Å². The maximum absolute atomic E-state index is 11.9. The number of hydrogen-bond acceptors (Lipinski definition) is 5. The Morgan fingerprint density at radius 2 is 2.19 bits per heavy atom. The van der Waals surface area contributed by atoms with E-state index >= 15 is 0 Å². The highest BCUT2D eigenvalue weighted by molar-refractivity contribution is 6.33. The minimum atomic E-state index is -4.60. The van der Waals surface area contributed by atoms with Crippen LogP contribution in [0.25, 0.3) is 5.69 Å². The molecule has 1 heterocycles. The van der Waals surface area contributed by atoms with Gasteiger partial charge in [-0.25, -0.2) is 9.48 Å². The van der Waals surface area contributed by atoms with E-state index in [2.05, 4.69) is 25.6 Å². The first kappa shape index (κ1) is 15.0. The fourth-order valence-corrected chi connectivity index (χ4v) is 1.49. The number of aromatic nitrogens is 4. The van der Waals surface area contributed by atoms with E-state index in [1.54, 1.807) is 6.07 Å². The van der Waals surface area contributed by atoms with Crippen molar-refractivity contribution in [3.8, 4) is 5.69 Å². The summed E-state index contributed by atoms with van der Waals surface area (Å²) in [6.45, 7) is -1.69. The van der Waals surface area contributed by atoms with Crippen LogP contribution in [0.3, 0.4) is 0 Å². The molecule has 1 aromatic heterocycles. The van der Waals surface area contributed by atoms with Crippen molar-refractivity contribution in [2.75, 3.05) is 11.9 Å². The number of anilines is 1. The molecule has 21 heavy (non-hydrogen) atoms. The molecule has 2 aromatic rings. The van der Waals surface area contributed by atoms with Crippen LogP contribution in [0.2, 0.25) is 5.02 Å². The smallest absolute Gasteiger partial charge is 0.422 e. The van der Waals surface area contributed by atoms with Gasteiger partial charge in [-0.3, -0.25) is 5.32 Å². The van der Waals surface area contributed by atoms with Crippen LogP contribution in [0, 0.1) is 0 Å². The van der Waals surface area contributed by atoms with Crippen molar-refractivity contribution in [1.29, 1.82) is 0 Å². The van der Waals surface area contributed by atoms with Gasteiger partial charge in [0.25, 0.3) is 0 Å². The first-order valence-electron chi connectivity index (χ1n) is 5.38. The largest absolute Gasteiger partial charge is 0.440 e. The second-order valence-electron chi connectivity index (χ2n) is 3.73. The molecular formula is C10H7ClF3N5O2. The van der Waals surface area contributed by atoms with Crippen molar-refractivity contribution >= 4 is 23.4 Å². The van der Waals surface area contributed by atoms with Gasteiger partial charge in [0.15, 0.2) is 6.61 Å². The standard InChI is InChI=1S/C10H7ClF3N5O2/c11-7-2-1-6(19-5-15-17-18-19)3-8(7)16-9(20)21-4-10(12,13)14/h1-3,5H,4H2,(H,16,20). The van der Waals surface area contributed by atoms with Gasteiger partial charge in [-0.1, -0.05) is 11.6 Å². The highest BCUT2D eigenvalue weighted by Crippen LogP contribution is 2.25. The maximum atomic E-state index is 11.9. The van der Waals surface area contributed by atoms with Gasteiger partial charge in [-0.2, -0.15) is 13.2 Å². The van der Waals surface area contributed by atoms with Crippen molar-refractivity contribution < 1.29 is 22.7 Å². The highest BCUT2D eigenvalue weighted by atomic mass is 35.5. The lowest BCUT2D eigenvalue weighted by Crippen LogP contribution is -2.23. The molecule has 0 saturated carbocycles. The predicted octanol–water partition coefficient (Wildman–Crippen LogP) is 2.43. The molecule has 1 aromatic carbocycles. The predicted molar refractivity (Wildman–Crippen MR) is 65.2 cm³/mol. The van der Waals surface area contributed by atoms with E-state index < -0.39 is 18.9 Å². The van der Waals surface area contributed by atoms with E-state index in [0.29, 0.717) is 5.69 Å². The van der Waals surface area contributed by atoms with E-state index in [1.165, 1.54) is 23.1 Å². The second kappa shape index (κ2) is 5.95. The number of benzene rings is 1. The van der Waals surface area contributed by atoms with Gasteiger partial charge in [-0.05, 0) is 28.6 Å². The Bertz CT molecular complexity index is 632. The molecule has 1 amide bonds. The van der Waals surface area contributed by atoms with E-state index in [0.717, 1.165) is 0 Å². The minimum absolute atomic E-state index is 0.0665. The number of alkyl halides is 3. The number of carbonyl (C=O) groups is 1. The van der Waals surface area contributed by atoms with Crippen LogP contribution in [0.1, 0.15) is 0 Å². The fraction of sp³-hybridized carbons (Fsp3) is 0.200. The molecule has 1 N–H and O–H groups in total. The number of amides is 1. The quantitative estimate of drug-likeness (QED) is 0.939. The Balaban J connectivity index is 2.09. The summed E-state index contributed by atoms with van der Waals surface area (Å²) in [5.74, 6) is 0. The van der Waals surface area contributed by atoms with E-state index in [-0.39, 0.29) is 10.7 Å². The lowest BCUT2D eigenvalue weighted by molar-refractivity contribution is -0.159. The van der Waals surface area contributed by atoms with Gasteiger partial charge in [-0.15, -0.1) is 5.10 Å². The van der Waals surface area contributed by atoms with Crippen LogP contribution in [-0.2, 0) is 4.74 Å². The van der Waals surface area contributed by atoms with Gasteiger partial charge >= 0.3 is 12.3 Å². The molecule has 0 unspecified atom stereocenters. The number of nitrogens with one attached hydrogen (secondary N) is 1. The van der Waals surface area contributed by atoms with Gasteiger partial charge < -0.3 is 4.74 Å². The molecule has 7 nitrogen and oxygen atoms in total. The van der Waals surface area contributed by atoms with Crippen LogP contribution in [0.4, 0.5) is 23.7 Å². The van der Waals surface area contributed by atoms with Gasteiger partial charge in [0.2, 0.25) is 0 Å². The summed E-state index contributed by atoms with van der Waals surface area (Å²) in [4.78, 5) is 11.3. The zero-order valence-corrected chi connectivity index (χ0v) is 10.9. The van der Waals surface area contributed by atoms with Crippen LogP contribution in [0.15, 0.2) is 24.5 Å². The molecule has 112 valence electrons. The van der Waals surface area contributed by atoms with Gasteiger partial charge in [0.1, 0.15) is 6.33 Å². The number of carbonyl (C=O) groups excluding carboxylic acids is 1. The molecule has 0 spiro atoms. The zero-order chi connectivity index (χ0) is 15.5. The highest BCUT2D eigenvalue weighted by Gasteiger charge is 2.29. The number of rotatable bonds is 3. The number of ether oxygens (including phenoxy) is 1. The molecule has 0 aliphatic carbocycles. The summed E-state index contributed by atoms with van der Waals surface area (Å²) in [5, 5.41) is 12.7. The molecule has 0 atom stereocenters. The minimum Gasteiger partial charge on any atom is -0.440 e. The number of nitrogens with zero attached hydrogens (tertiary/aromatic N) is 4. The summed E-state index contributed by atoms with van der Waals surface area (Å²) in [5.41, 5.74) is 0.521. The molecule has 0 aliphatic rings. The van der Waals surface area contributed by atoms with E-state index in [1.807, 2.05) is 0 Å². The molecule has 0 radical (unpaired) electrons. The molecular weight excluding hydrogens is 315 g/mol. The monoisotopic (exact) mass is 321 g/mol. The van der Waals surface area contributed by atoms with Gasteiger partial charge in [0.05, 0.1) is 16.4 Å². The summed E-state index contributed by atoms with van der Waals surface area (Å²) in [6, 6.07) is 4.37. The average Bonchev–Trinajstić information content (AvgIpc) is 2.92. The van der Waals surface area contributed by atoms with Crippen LogP contribution in [0.5, 0.6) is 0 Å². The molecule has 0 aliphatic heterocycles. The Hall–Kier alpha value is -2.36. The van der Waals surface area contributed by atoms with Crippen LogP contribution < -0.4 is 5.32 Å². The fourth-order valence-electron chi connectivity index (χ4n) is 1.32. The third kappa shape index (κ3) is 4.31. The first-order chi connectivity index (χ1) is 9.85. The van der Waals surface area contributed by atoms with Crippen molar-refractivity contribution in [3.63, 3.8) is 0 Å². The van der Waals surface area contributed by atoms with Crippen molar-refractivity contribution in [2.24, 2.45) is 0 Å². The topological polar surface area (TPSA) is 81.9 Å².